The molecule has 0 radical (unpaired) electrons. The van der Waals surface area contributed by atoms with Gasteiger partial charge in [-0.2, -0.15) is 0 Å². The molecule has 0 aliphatic carbocycles. The molecule has 0 aliphatic rings. The third-order valence-corrected chi connectivity index (χ3v) is 1.51. The molecule has 0 aromatic carbocycles. The first-order valence-corrected chi connectivity index (χ1v) is 4.15. The second-order valence-corrected chi connectivity index (χ2v) is 2.59. The molecule has 1 N–H and O–H groups in total. The fourth-order valence-electron chi connectivity index (χ4n) is 0.767. The molecule has 70 valence electrons. The number of hydrogen-bond donors (Lipinski definition) is 1. The van der Waals surface area contributed by atoms with Crippen LogP contribution in [0.4, 0.5) is 0 Å². The minimum Gasteiger partial charge on any atom is -0.466 e. The van der Waals surface area contributed by atoms with Gasteiger partial charge in [0.15, 0.2) is 0 Å². The minimum atomic E-state index is -0.524. The standard InChI is InChI=1S/C9H16O3/c1-3-4-5-8(10)6-7-9(11)12-2/h6-8,10H,3-5H2,1-2H3/b7-6+. The minimum absolute atomic E-state index is 0.425. The van der Waals surface area contributed by atoms with Gasteiger partial charge in [-0.1, -0.05) is 19.8 Å². The van der Waals surface area contributed by atoms with Crippen LogP contribution in [0.15, 0.2) is 12.2 Å². The Morgan fingerprint density at radius 1 is 1.67 bits per heavy atom. The summed E-state index contributed by atoms with van der Waals surface area (Å²) in [7, 11) is 1.31. The molecule has 0 amide bonds. The van der Waals surface area contributed by atoms with Crippen molar-refractivity contribution in [3.05, 3.63) is 12.2 Å². The molecule has 3 heteroatoms. The molecule has 0 heterocycles. The van der Waals surface area contributed by atoms with Gasteiger partial charge in [-0.15, -0.1) is 0 Å². The van der Waals surface area contributed by atoms with E-state index in [1.165, 1.54) is 19.3 Å². The van der Waals surface area contributed by atoms with Gasteiger partial charge in [0.2, 0.25) is 0 Å². The van der Waals surface area contributed by atoms with Crippen LogP contribution in [0.25, 0.3) is 0 Å². The van der Waals surface area contributed by atoms with Crippen molar-refractivity contribution in [3.63, 3.8) is 0 Å². The number of rotatable bonds is 5. The summed E-state index contributed by atoms with van der Waals surface area (Å²) in [5.41, 5.74) is 0. The lowest BCUT2D eigenvalue weighted by atomic mass is 10.1. The first-order valence-electron chi connectivity index (χ1n) is 4.15. The summed E-state index contributed by atoms with van der Waals surface area (Å²) in [5, 5.41) is 9.23. The smallest absolute Gasteiger partial charge is 0.330 e. The van der Waals surface area contributed by atoms with Crippen molar-refractivity contribution in [2.24, 2.45) is 0 Å². The monoisotopic (exact) mass is 172 g/mol. The number of methoxy groups -OCH3 is 1. The first kappa shape index (κ1) is 11.2. The summed E-state index contributed by atoms with van der Waals surface area (Å²) >= 11 is 0. The number of aliphatic hydroxyl groups is 1. The molecule has 0 rings (SSSR count). The van der Waals surface area contributed by atoms with E-state index in [1.54, 1.807) is 0 Å². The van der Waals surface area contributed by atoms with E-state index in [-0.39, 0.29) is 0 Å². The van der Waals surface area contributed by atoms with E-state index in [4.69, 9.17) is 0 Å². The SMILES string of the molecule is CCCCC(O)/C=C/C(=O)OC. The summed E-state index contributed by atoms with van der Waals surface area (Å²) in [6.07, 6.45) is 4.89. The van der Waals surface area contributed by atoms with Gasteiger partial charge >= 0.3 is 5.97 Å². The van der Waals surface area contributed by atoms with Gasteiger partial charge in [-0.05, 0) is 12.5 Å². The molecule has 0 saturated carbocycles. The van der Waals surface area contributed by atoms with Gasteiger partial charge in [0, 0.05) is 6.08 Å². The van der Waals surface area contributed by atoms with Crippen LogP contribution >= 0.6 is 0 Å². The largest absolute Gasteiger partial charge is 0.466 e. The highest BCUT2D eigenvalue weighted by Crippen LogP contribution is 2.01. The molecule has 3 nitrogen and oxygen atoms in total. The summed E-state index contributed by atoms with van der Waals surface area (Å²) in [5.74, 6) is -0.425. The van der Waals surface area contributed by atoms with Gasteiger partial charge in [0.25, 0.3) is 0 Å². The Hall–Kier alpha value is -0.830. The molecular formula is C9H16O3. The van der Waals surface area contributed by atoms with E-state index in [9.17, 15) is 9.90 Å². The van der Waals surface area contributed by atoms with E-state index in [2.05, 4.69) is 11.7 Å². The highest BCUT2D eigenvalue weighted by molar-refractivity contribution is 5.81. The van der Waals surface area contributed by atoms with Crippen molar-refractivity contribution in [1.29, 1.82) is 0 Å². The molecular weight excluding hydrogens is 156 g/mol. The predicted octanol–water partition coefficient (Wildman–Crippen LogP) is 1.27. The Morgan fingerprint density at radius 2 is 2.33 bits per heavy atom. The van der Waals surface area contributed by atoms with E-state index in [1.807, 2.05) is 0 Å². The quantitative estimate of drug-likeness (QED) is 0.501. The number of aliphatic hydroxyl groups excluding tert-OH is 1. The average Bonchev–Trinajstić information content (AvgIpc) is 2.10. The number of carbonyl (C=O) groups excluding carboxylic acids is 1. The average molecular weight is 172 g/mol. The molecule has 0 bridgehead atoms. The second-order valence-electron chi connectivity index (χ2n) is 2.59. The lowest BCUT2D eigenvalue weighted by molar-refractivity contribution is -0.134. The fourth-order valence-corrected chi connectivity index (χ4v) is 0.767. The summed E-state index contributed by atoms with van der Waals surface area (Å²) in [6, 6.07) is 0. The lowest BCUT2D eigenvalue weighted by Crippen LogP contribution is -2.03. The molecule has 12 heavy (non-hydrogen) atoms. The van der Waals surface area contributed by atoms with Crippen molar-refractivity contribution in [1.82, 2.24) is 0 Å². The molecule has 0 aromatic heterocycles. The summed E-state index contributed by atoms with van der Waals surface area (Å²) < 4.78 is 4.37. The Labute approximate surface area is 73.0 Å². The fraction of sp³-hybridized carbons (Fsp3) is 0.667. The van der Waals surface area contributed by atoms with E-state index in [0.29, 0.717) is 6.42 Å². The number of ether oxygens (including phenoxy) is 1. The van der Waals surface area contributed by atoms with Crippen LogP contribution in [0.1, 0.15) is 26.2 Å². The van der Waals surface area contributed by atoms with Crippen molar-refractivity contribution in [3.8, 4) is 0 Å². The molecule has 1 unspecified atom stereocenters. The molecule has 0 fully saturated rings. The summed E-state index contributed by atoms with van der Waals surface area (Å²) in [6.45, 7) is 2.05. The third kappa shape index (κ3) is 5.92. The van der Waals surface area contributed by atoms with E-state index in [0.717, 1.165) is 12.8 Å². The van der Waals surface area contributed by atoms with Crippen LogP contribution < -0.4 is 0 Å². The van der Waals surface area contributed by atoms with Gasteiger partial charge in [-0.3, -0.25) is 0 Å². The topological polar surface area (TPSA) is 46.5 Å². The third-order valence-electron chi connectivity index (χ3n) is 1.51. The Bertz CT molecular complexity index is 152. The zero-order chi connectivity index (χ0) is 9.40. The second kappa shape index (κ2) is 6.85. The van der Waals surface area contributed by atoms with Crippen LogP contribution in [-0.4, -0.2) is 24.3 Å². The Kier molecular flexibility index (Phi) is 6.38. The highest BCUT2D eigenvalue weighted by atomic mass is 16.5. The zero-order valence-electron chi connectivity index (χ0n) is 7.62. The van der Waals surface area contributed by atoms with Crippen molar-refractivity contribution in [2.45, 2.75) is 32.3 Å². The van der Waals surface area contributed by atoms with Crippen LogP contribution in [0.2, 0.25) is 0 Å². The number of carbonyl (C=O) groups is 1. The van der Waals surface area contributed by atoms with Gasteiger partial charge in [0.1, 0.15) is 0 Å². The Balaban J connectivity index is 3.59. The van der Waals surface area contributed by atoms with Gasteiger partial charge in [0.05, 0.1) is 13.2 Å². The van der Waals surface area contributed by atoms with Crippen LogP contribution in [0, 0.1) is 0 Å². The number of esters is 1. The molecule has 1 atom stereocenters. The number of unbranched alkanes of at least 4 members (excludes halogenated alkanes) is 1. The molecule has 0 saturated heterocycles. The van der Waals surface area contributed by atoms with Gasteiger partial charge in [-0.25, -0.2) is 4.79 Å². The van der Waals surface area contributed by atoms with E-state index < -0.39 is 12.1 Å². The van der Waals surface area contributed by atoms with Crippen LogP contribution in [0.3, 0.4) is 0 Å². The van der Waals surface area contributed by atoms with Crippen LogP contribution in [0.5, 0.6) is 0 Å². The van der Waals surface area contributed by atoms with E-state index >= 15 is 0 Å². The zero-order valence-corrected chi connectivity index (χ0v) is 7.62. The maximum absolute atomic E-state index is 10.6. The molecule has 0 aliphatic heterocycles. The molecule has 0 spiro atoms. The maximum Gasteiger partial charge on any atom is 0.330 e. The van der Waals surface area contributed by atoms with Crippen LogP contribution in [-0.2, 0) is 9.53 Å². The van der Waals surface area contributed by atoms with Crippen molar-refractivity contribution >= 4 is 5.97 Å². The predicted molar refractivity (Wildman–Crippen MR) is 46.7 cm³/mol. The van der Waals surface area contributed by atoms with Gasteiger partial charge < -0.3 is 9.84 Å². The molecule has 0 aromatic rings. The Morgan fingerprint density at radius 3 is 2.83 bits per heavy atom. The van der Waals surface area contributed by atoms with Crippen molar-refractivity contribution in [2.75, 3.05) is 7.11 Å². The maximum atomic E-state index is 10.6. The normalized spacial score (nSPS) is 13.2. The first-order chi connectivity index (χ1) is 5.70. The highest BCUT2D eigenvalue weighted by Gasteiger charge is 1.98. The van der Waals surface area contributed by atoms with Crippen molar-refractivity contribution < 1.29 is 14.6 Å². The summed E-state index contributed by atoms with van der Waals surface area (Å²) in [4.78, 5) is 10.6. The lowest BCUT2D eigenvalue weighted by Gasteiger charge is -2.02. The number of hydrogen-bond acceptors (Lipinski definition) is 3.